The van der Waals surface area contributed by atoms with Crippen LogP contribution in [0.2, 0.25) is 0 Å². The number of rotatable bonds is 5. The molecule has 2 aliphatic rings. The molecule has 1 unspecified atom stereocenters. The van der Waals surface area contributed by atoms with Crippen LogP contribution < -0.4 is 16.4 Å². The van der Waals surface area contributed by atoms with Crippen LogP contribution >= 0.6 is 24.0 Å². The number of hydrogen-bond acceptors (Lipinski definition) is 3. The van der Waals surface area contributed by atoms with Crippen molar-refractivity contribution in [1.29, 1.82) is 0 Å². The zero-order valence-corrected chi connectivity index (χ0v) is 18.2. The smallest absolute Gasteiger partial charge is 0.407 e. The number of guanidine groups is 1. The summed E-state index contributed by atoms with van der Waals surface area (Å²) in [7, 11) is 0. The number of hydrogen-bond donors (Lipinski definition) is 3. The molecule has 0 aromatic rings. The normalized spacial score (nSPS) is 20.8. The monoisotopic (exact) mass is 466 g/mol. The van der Waals surface area contributed by atoms with Gasteiger partial charge in [0.1, 0.15) is 5.60 Å². The van der Waals surface area contributed by atoms with E-state index in [1.54, 1.807) is 0 Å². The van der Waals surface area contributed by atoms with Gasteiger partial charge in [0.2, 0.25) is 0 Å². The first-order chi connectivity index (χ1) is 11.3. The number of amides is 1. The Hall–Kier alpha value is -0.730. The third kappa shape index (κ3) is 9.51. The van der Waals surface area contributed by atoms with Crippen molar-refractivity contribution >= 4 is 36.0 Å². The molecule has 0 aromatic carbocycles. The number of nitrogens with zero attached hydrogens (tertiary/aromatic N) is 1. The van der Waals surface area contributed by atoms with Crippen LogP contribution in [-0.4, -0.2) is 36.3 Å². The van der Waals surface area contributed by atoms with Crippen molar-refractivity contribution in [1.82, 2.24) is 10.6 Å². The lowest BCUT2D eigenvalue weighted by Crippen LogP contribution is -2.44. The molecular weight excluding hydrogens is 431 g/mol. The molecule has 1 atom stereocenters. The molecule has 0 bridgehead atoms. The van der Waals surface area contributed by atoms with E-state index in [1.807, 2.05) is 20.8 Å². The first kappa shape index (κ1) is 22.3. The largest absolute Gasteiger partial charge is 0.444 e. The first-order valence-electron chi connectivity index (χ1n) is 9.39. The van der Waals surface area contributed by atoms with Gasteiger partial charge in [0.25, 0.3) is 0 Å². The second-order valence-corrected chi connectivity index (χ2v) is 8.15. The molecule has 0 heterocycles. The van der Waals surface area contributed by atoms with Crippen molar-refractivity contribution in [3.63, 3.8) is 0 Å². The Kier molecular flexibility index (Phi) is 9.30. The molecule has 0 spiro atoms. The number of carbonyl (C=O) groups excluding carboxylic acids is 1. The molecule has 2 aliphatic carbocycles. The van der Waals surface area contributed by atoms with E-state index in [9.17, 15) is 4.79 Å². The van der Waals surface area contributed by atoms with Crippen LogP contribution in [0.15, 0.2) is 4.99 Å². The van der Waals surface area contributed by atoms with Gasteiger partial charge in [-0.2, -0.15) is 0 Å². The van der Waals surface area contributed by atoms with Crippen LogP contribution in [0.4, 0.5) is 4.79 Å². The molecule has 2 rings (SSSR count). The standard InChI is InChI=1S/C18H34N4O2.HI/c1-18(2,3)24-17(23)22-15(13-10-11-13)12-20-16(19)21-14-8-6-4-5-7-9-14;/h13-15H,4-12H2,1-3H3,(H,22,23)(H3,19,20,21);1H. The van der Waals surface area contributed by atoms with Crippen LogP contribution in [0, 0.1) is 5.92 Å². The van der Waals surface area contributed by atoms with E-state index in [-0.39, 0.29) is 36.1 Å². The summed E-state index contributed by atoms with van der Waals surface area (Å²) in [5.41, 5.74) is 5.57. The summed E-state index contributed by atoms with van der Waals surface area (Å²) in [4.78, 5) is 16.4. The number of nitrogens with two attached hydrogens (primary N) is 1. The fourth-order valence-electron chi connectivity index (χ4n) is 3.15. The third-order valence-corrected chi connectivity index (χ3v) is 4.56. The van der Waals surface area contributed by atoms with Crippen LogP contribution in [0.1, 0.15) is 72.1 Å². The Labute approximate surface area is 169 Å². The molecule has 0 saturated heterocycles. The lowest BCUT2D eigenvalue weighted by atomic mass is 10.1. The van der Waals surface area contributed by atoms with E-state index >= 15 is 0 Å². The van der Waals surface area contributed by atoms with E-state index in [1.165, 1.54) is 38.5 Å². The zero-order valence-electron chi connectivity index (χ0n) is 15.8. The van der Waals surface area contributed by atoms with Crippen LogP contribution in [0.3, 0.4) is 0 Å². The highest BCUT2D eigenvalue weighted by molar-refractivity contribution is 14.0. The molecule has 7 heteroatoms. The lowest BCUT2D eigenvalue weighted by Gasteiger charge is -2.23. The molecule has 25 heavy (non-hydrogen) atoms. The van der Waals surface area contributed by atoms with Gasteiger partial charge in [-0.3, -0.25) is 4.99 Å². The van der Waals surface area contributed by atoms with E-state index < -0.39 is 5.60 Å². The number of aliphatic imine (C=N–C) groups is 1. The fraction of sp³-hybridized carbons (Fsp3) is 0.889. The Morgan fingerprint density at radius 2 is 1.76 bits per heavy atom. The Bertz CT molecular complexity index is 439. The van der Waals surface area contributed by atoms with Crippen molar-refractivity contribution in [2.24, 2.45) is 16.6 Å². The Morgan fingerprint density at radius 3 is 2.28 bits per heavy atom. The lowest BCUT2D eigenvalue weighted by molar-refractivity contribution is 0.0500. The minimum atomic E-state index is -0.485. The van der Waals surface area contributed by atoms with Gasteiger partial charge in [-0.15, -0.1) is 24.0 Å². The topological polar surface area (TPSA) is 88.7 Å². The third-order valence-electron chi connectivity index (χ3n) is 4.56. The van der Waals surface area contributed by atoms with Crippen molar-refractivity contribution in [3.8, 4) is 0 Å². The van der Waals surface area contributed by atoms with Gasteiger partial charge in [-0.05, 0) is 52.4 Å². The number of halogens is 1. The van der Waals surface area contributed by atoms with Gasteiger partial charge < -0.3 is 21.1 Å². The summed E-state index contributed by atoms with van der Waals surface area (Å²) in [5, 5.41) is 6.30. The molecule has 1 amide bonds. The summed E-state index contributed by atoms with van der Waals surface area (Å²) >= 11 is 0. The van der Waals surface area contributed by atoms with Crippen molar-refractivity contribution in [2.75, 3.05) is 6.54 Å². The molecule has 4 N–H and O–H groups in total. The average Bonchev–Trinajstić information content (AvgIpc) is 3.29. The van der Waals surface area contributed by atoms with Gasteiger partial charge in [0.15, 0.2) is 5.96 Å². The minimum Gasteiger partial charge on any atom is -0.444 e. The SMILES string of the molecule is CC(C)(C)OC(=O)NC(CN=C(N)NC1CCCCCC1)C1CC1.I. The first-order valence-corrected chi connectivity index (χ1v) is 9.39. The summed E-state index contributed by atoms with van der Waals surface area (Å²) in [5.74, 6) is 0.991. The minimum absolute atomic E-state index is 0. The van der Waals surface area contributed by atoms with Crippen molar-refractivity contribution in [2.45, 2.75) is 89.8 Å². The number of carbonyl (C=O) groups is 1. The maximum atomic E-state index is 12.0. The number of nitrogens with one attached hydrogen (secondary N) is 2. The predicted octanol–water partition coefficient (Wildman–Crippen LogP) is 3.53. The summed E-state index contributed by atoms with van der Waals surface area (Å²) in [6.45, 7) is 6.11. The fourth-order valence-corrected chi connectivity index (χ4v) is 3.15. The summed E-state index contributed by atoms with van der Waals surface area (Å²) < 4.78 is 5.34. The average molecular weight is 466 g/mol. The van der Waals surface area contributed by atoms with Gasteiger partial charge >= 0.3 is 6.09 Å². The van der Waals surface area contributed by atoms with E-state index in [2.05, 4.69) is 15.6 Å². The Balaban J connectivity index is 0.00000312. The maximum Gasteiger partial charge on any atom is 0.407 e. The molecule has 6 nitrogen and oxygen atoms in total. The van der Waals surface area contributed by atoms with Crippen molar-refractivity contribution < 1.29 is 9.53 Å². The molecule has 0 aromatic heterocycles. The van der Waals surface area contributed by atoms with Crippen LogP contribution in [0.25, 0.3) is 0 Å². The quantitative estimate of drug-likeness (QED) is 0.250. The Morgan fingerprint density at radius 1 is 1.16 bits per heavy atom. The van der Waals surface area contributed by atoms with Gasteiger partial charge in [-0.1, -0.05) is 25.7 Å². The van der Waals surface area contributed by atoms with Crippen molar-refractivity contribution in [3.05, 3.63) is 0 Å². The van der Waals surface area contributed by atoms with Crippen LogP contribution in [0.5, 0.6) is 0 Å². The summed E-state index contributed by atoms with van der Waals surface area (Å²) in [6, 6.07) is 0.448. The van der Waals surface area contributed by atoms with E-state index in [4.69, 9.17) is 10.5 Å². The highest BCUT2D eigenvalue weighted by Crippen LogP contribution is 2.33. The second-order valence-electron chi connectivity index (χ2n) is 8.15. The highest BCUT2D eigenvalue weighted by Gasteiger charge is 2.33. The van der Waals surface area contributed by atoms with Gasteiger partial charge in [-0.25, -0.2) is 4.79 Å². The summed E-state index contributed by atoms with van der Waals surface area (Å²) in [6.07, 6.45) is 9.38. The molecule has 2 saturated carbocycles. The molecule has 0 radical (unpaired) electrons. The molecule has 2 fully saturated rings. The van der Waals surface area contributed by atoms with Gasteiger partial charge in [0, 0.05) is 6.04 Å². The zero-order chi connectivity index (χ0) is 17.6. The number of alkyl carbamates (subject to hydrolysis) is 1. The van der Waals surface area contributed by atoms with Gasteiger partial charge in [0.05, 0.1) is 12.6 Å². The highest BCUT2D eigenvalue weighted by atomic mass is 127. The second kappa shape index (κ2) is 10.4. The van der Waals surface area contributed by atoms with E-state index in [0.29, 0.717) is 24.5 Å². The predicted molar refractivity (Wildman–Crippen MR) is 112 cm³/mol. The molecular formula is C18H35IN4O2. The van der Waals surface area contributed by atoms with Crippen LogP contribution in [-0.2, 0) is 4.74 Å². The maximum absolute atomic E-state index is 12.0. The number of ether oxygens (including phenoxy) is 1. The molecule has 0 aliphatic heterocycles. The van der Waals surface area contributed by atoms with E-state index in [0.717, 1.165) is 12.8 Å². The molecule has 146 valence electrons.